The predicted octanol–water partition coefficient (Wildman–Crippen LogP) is 5.21. The van der Waals surface area contributed by atoms with Gasteiger partial charge >= 0.3 is 12.5 Å². The number of carbonyl (C=O) groups is 1. The van der Waals surface area contributed by atoms with Crippen LogP contribution >= 0.6 is 0 Å². The summed E-state index contributed by atoms with van der Waals surface area (Å²) in [6.45, 7) is 0. The summed E-state index contributed by atoms with van der Waals surface area (Å²) in [5.41, 5.74) is 1.92. The van der Waals surface area contributed by atoms with E-state index in [9.17, 15) is 27.2 Å². The van der Waals surface area contributed by atoms with Gasteiger partial charge in [0.1, 0.15) is 11.6 Å². The van der Waals surface area contributed by atoms with Gasteiger partial charge in [-0.3, -0.25) is 9.69 Å². The molecule has 5 aromatic rings. The maximum absolute atomic E-state index is 14.9. The van der Waals surface area contributed by atoms with E-state index in [0.29, 0.717) is 22.2 Å². The van der Waals surface area contributed by atoms with Gasteiger partial charge in [0.25, 0.3) is 5.56 Å². The van der Waals surface area contributed by atoms with E-state index in [2.05, 4.69) is 24.9 Å². The summed E-state index contributed by atoms with van der Waals surface area (Å²) < 4.78 is 57.0. The number of amides is 1. The molecule has 0 atom stereocenters. The number of aromatic nitrogens is 4. The van der Waals surface area contributed by atoms with Crippen LogP contribution < -0.4 is 15.2 Å². The van der Waals surface area contributed by atoms with Gasteiger partial charge in [-0.15, -0.1) is 13.2 Å². The molecular weight excluding hydrogens is 510 g/mol. The maximum atomic E-state index is 14.9. The fourth-order valence-corrected chi connectivity index (χ4v) is 4.04. The Bertz CT molecular complexity index is 1760. The Morgan fingerprint density at radius 1 is 1.08 bits per heavy atom. The number of alkyl halides is 3. The Kier molecular flexibility index (Phi) is 5.97. The Balaban J connectivity index is 1.52. The van der Waals surface area contributed by atoms with Crippen molar-refractivity contribution in [2.45, 2.75) is 12.8 Å². The van der Waals surface area contributed by atoms with E-state index in [1.807, 2.05) is 0 Å². The summed E-state index contributed by atoms with van der Waals surface area (Å²) in [6, 6.07) is 12.5. The van der Waals surface area contributed by atoms with Crippen LogP contribution in [-0.4, -0.2) is 44.8 Å². The molecule has 9 nitrogen and oxygen atoms in total. The monoisotopic (exact) mass is 527 g/mol. The van der Waals surface area contributed by atoms with E-state index in [4.69, 9.17) is 5.11 Å². The second kappa shape index (κ2) is 9.18. The van der Waals surface area contributed by atoms with Gasteiger partial charge in [0.2, 0.25) is 5.95 Å². The number of nitrogens with one attached hydrogen (secondary N) is 2. The highest BCUT2D eigenvalue weighted by atomic mass is 19.4. The molecule has 0 saturated heterocycles. The number of hydrogen-bond acceptors (Lipinski definition) is 5. The molecule has 38 heavy (non-hydrogen) atoms. The first-order valence-electron chi connectivity index (χ1n) is 11.0. The zero-order chi connectivity index (χ0) is 27.2. The van der Waals surface area contributed by atoms with Crippen molar-refractivity contribution >= 4 is 33.8 Å². The number of benzene rings is 3. The highest BCUT2D eigenvalue weighted by molar-refractivity contribution is 5.89. The van der Waals surface area contributed by atoms with Crippen molar-refractivity contribution in [1.29, 1.82) is 0 Å². The molecule has 194 valence electrons. The number of carboxylic acid groups (broad SMARTS) is 1. The molecule has 0 aliphatic rings. The number of hydrogen-bond donors (Lipinski definition) is 3. The SMILES string of the molecule is CN(C(=O)O)c1nc2ccc(-c3cc(Cc4n[nH]c(=O)c5ccc(OC(F)(F)F)cc45)ccc3F)cc2[nH]1. The first-order valence-corrected chi connectivity index (χ1v) is 11.0. The van der Waals surface area contributed by atoms with Gasteiger partial charge in [0.05, 0.1) is 22.1 Å². The van der Waals surface area contributed by atoms with Gasteiger partial charge in [0, 0.05) is 24.4 Å². The van der Waals surface area contributed by atoms with Crippen molar-refractivity contribution in [3.63, 3.8) is 0 Å². The fourth-order valence-electron chi connectivity index (χ4n) is 4.04. The molecule has 3 aromatic carbocycles. The first-order chi connectivity index (χ1) is 18.0. The van der Waals surface area contributed by atoms with Crippen LogP contribution in [0, 0.1) is 5.82 Å². The van der Waals surface area contributed by atoms with Gasteiger partial charge in [-0.05, 0) is 53.6 Å². The molecule has 5 rings (SSSR count). The molecule has 1 amide bonds. The lowest BCUT2D eigenvalue weighted by Gasteiger charge is -2.11. The molecule has 13 heteroatoms. The average molecular weight is 527 g/mol. The van der Waals surface area contributed by atoms with Crippen LogP contribution in [0.1, 0.15) is 11.3 Å². The lowest BCUT2D eigenvalue weighted by molar-refractivity contribution is -0.274. The largest absolute Gasteiger partial charge is 0.573 e. The van der Waals surface area contributed by atoms with E-state index >= 15 is 0 Å². The molecule has 0 bridgehead atoms. The number of fused-ring (bicyclic) bond motifs is 2. The third-order valence-electron chi connectivity index (χ3n) is 5.86. The standard InChI is InChI=1S/C25H17F4N5O4/c1-34(24(36)37)23-30-19-7-3-13(10-21(19)31-23)16-8-12(2-6-18(16)26)9-20-17-11-14(38-25(27,28)29)4-5-15(17)22(35)33-32-20/h2-8,10-11H,9H2,1H3,(H,30,31)(H,33,35)(H,36,37). The van der Waals surface area contributed by atoms with Crippen LogP contribution in [0.3, 0.4) is 0 Å². The summed E-state index contributed by atoms with van der Waals surface area (Å²) in [5, 5.41) is 15.8. The van der Waals surface area contributed by atoms with Crippen LogP contribution in [0.4, 0.5) is 28.3 Å². The fraction of sp³-hybridized carbons (Fsp3) is 0.120. The first kappa shape index (κ1) is 24.7. The zero-order valence-corrected chi connectivity index (χ0v) is 19.4. The highest BCUT2D eigenvalue weighted by Crippen LogP contribution is 2.30. The van der Waals surface area contributed by atoms with E-state index in [-0.39, 0.29) is 34.4 Å². The highest BCUT2D eigenvalue weighted by Gasteiger charge is 2.31. The third-order valence-corrected chi connectivity index (χ3v) is 5.86. The molecule has 3 N–H and O–H groups in total. The summed E-state index contributed by atoms with van der Waals surface area (Å²) in [6.07, 6.45) is -6.05. The normalized spacial score (nSPS) is 11.7. The number of halogens is 4. The lowest BCUT2D eigenvalue weighted by Crippen LogP contribution is -2.24. The van der Waals surface area contributed by atoms with Crippen LogP contribution in [0.2, 0.25) is 0 Å². The van der Waals surface area contributed by atoms with Gasteiger partial charge in [0.15, 0.2) is 0 Å². The van der Waals surface area contributed by atoms with Gasteiger partial charge in [-0.1, -0.05) is 12.1 Å². The number of imidazole rings is 1. The van der Waals surface area contributed by atoms with Gasteiger partial charge in [-0.25, -0.2) is 19.3 Å². The van der Waals surface area contributed by atoms with Crippen molar-refractivity contribution < 1.29 is 32.2 Å². The van der Waals surface area contributed by atoms with Crippen LogP contribution in [0.15, 0.2) is 59.4 Å². The minimum absolute atomic E-state index is 0.0654. The molecule has 0 spiro atoms. The molecule has 0 saturated carbocycles. The molecule has 0 unspecified atom stereocenters. The van der Waals surface area contributed by atoms with E-state index < -0.39 is 29.6 Å². The molecule has 2 heterocycles. The van der Waals surface area contributed by atoms with Crippen molar-refractivity contribution in [3.05, 3.63) is 82.0 Å². The van der Waals surface area contributed by atoms with Crippen molar-refractivity contribution in [1.82, 2.24) is 20.2 Å². The van der Waals surface area contributed by atoms with Crippen LogP contribution in [-0.2, 0) is 6.42 Å². The third kappa shape index (κ3) is 4.85. The number of H-pyrrole nitrogens is 2. The quantitative estimate of drug-likeness (QED) is 0.270. The molecule has 2 aromatic heterocycles. The summed E-state index contributed by atoms with van der Waals surface area (Å²) >= 11 is 0. The van der Waals surface area contributed by atoms with Crippen molar-refractivity contribution in [2.75, 3.05) is 11.9 Å². The number of rotatable bonds is 5. The van der Waals surface area contributed by atoms with Crippen molar-refractivity contribution in [2.24, 2.45) is 0 Å². The van der Waals surface area contributed by atoms with Gasteiger partial charge in [-0.2, -0.15) is 5.10 Å². The smallest absolute Gasteiger partial charge is 0.465 e. The molecule has 0 aliphatic heterocycles. The average Bonchev–Trinajstić information content (AvgIpc) is 3.28. The van der Waals surface area contributed by atoms with E-state index in [1.165, 1.54) is 25.2 Å². The zero-order valence-electron chi connectivity index (χ0n) is 19.4. The summed E-state index contributed by atoms with van der Waals surface area (Å²) in [5.74, 6) is -0.932. The Morgan fingerprint density at radius 2 is 1.87 bits per heavy atom. The van der Waals surface area contributed by atoms with Gasteiger partial charge < -0.3 is 14.8 Å². The van der Waals surface area contributed by atoms with E-state index in [1.54, 1.807) is 24.3 Å². The molecule has 0 fully saturated rings. The minimum Gasteiger partial charge on any atom is -0.465 e. The predicted molar refractivity (Wildman–Crippen MR) is 130 cm³/mol. The number of ether oxygens (including phenoxy) is 1. The summed E-state index contributed by atoms with van der Waals surface area (Å²) in [4.78, 5) is 31.4. The number of anilines is 1. The Morgan fingerprint density at radius 3 is 2.61 bits per heavy atom. The Labute approximate surface area is 210 Å². The van der Waals surface area contributed by atoms with Crippen molar-refractivity contribution in [3.8, 4) is 16.9 Å². The topological polar surface area (TPSA) is 124 Å². The number of aromatic amines is 2. The Hall–Kier alpha value is -4.94. The minimum atomic E-state index is -4.91. The molecule has 0 aliphatic carbocycles. The summed E-state index contributed by atoms with van der Waals surface area (Å²) in [7, 11) is 1.33. The second-order valence-corrected chi connectivity index (χ2v) is 8.38. The van der Waals surface area contributed by atoms with E-state index in [0.717, 1.165) is 17.0 Å². The number of nitrogens with zero attached hydrogens (tertiary/aromatic N) is 3. The lowest BCUT2D eigenvalue weighted by atomic mass is 9.98. The van der Waals surface area contributed by atoms with Crippen LogP contribution in [0.25, 0.3) is 32.9 Å². The maximum Gasteiger partial charge on any atom is 0.573 e. The van der Waals surface area contributed by atoms with Crippen LogP contribution in [0.5, 0.6) is 5.75 Å². The second-order valence-electron chi connectivity index (χ2n) is 8.38. The molecule has 0 radical (unpaired) electrons. The molecular formula is C25H17F4N5O4.